The lowest BCUT2D eigenvalue weighted by molar-refractivity contribution is -0.136. The Morgan fingerprint density at radius 3 is 2.58 bits per heavy atom. The van der Waals surface area contributed by atoms with Crippen molar-refractivity contribution in [3.63, 3.8) is 0 Å². The van der Waals surface area contributed by atoms with Crippen LogP contribution in [0.3, 0.4) is 0 Å². The van der Waals surface area contributed by atoms with E-state index < -0.39 is 5.97 Å². The van der Waals surface area contributed by atoms with Gasteiger partial charge in [-0.3, -0.25) is 9.69 Å². The number of carbonyl (C=O) groups is 1. The summed E-state index contributed by atoms with van der Waals surface area (Å²) in [6.45, 7) is 10.2. The van der Waals surface area contributed by atoms with Gasteiger partial charge in [-0.05, 0) is 66.6 Å². The molecule has 1 fully saturated rings. The molecular weight excluding hydrogens is 453 g/mol. The van der Waals surface area contributed by atoms with Crippen LogP contribution in [0.4, 0.5) is 10.2 Å². The van der Waals surface area contributed by atoms with Crippen LogP contribution in [0.2, 0.25) is 0 Å². The first-order chi connectivity index (χ1) is 17.3. The minimum Gasteiger partial charge on any atom is -0.481 e. The number of hydrogen-bond acceptors (Lipinski definition) is 4. The van der Waals surface area contributed by atoms with E-state index in [1.165, 1.54) is 23.3 Å². The van der Waals surface area contributed by atoms with Gasteiger partial charge in [0, 0.05) is 50.4 Å². The van der Waals surface area contributed by atoms with Crippen LogP contribution in [0, 0.1) is 18.7 Å². The molecule has 0 bridgehead atoms. The molecule has 0 saturated carbocycles. The van der Waals surface area contributed by atoms with Crippen molar-refractivity contribution in [2.24, 2.45) is 5.92 Å². The highest BCUT2D eigenvalue weighted by Crippen LogP contribution is 2.27. The first kappa shape index (κ1) is 25.8. The Balaban J connectivity index is 1.46. The molecule has 5 nitrogen and oxygen atoms in total. The molecule has 1 aliphatic rings. The van der Waals surface area contributed by atoms with Gasteiger partial charge >= 0.3 is 5.97 Å². The number of carboxylic acid groups (broad SMARTS) is 1. The van der Waals surface area contributed by atoms with E-state index in [9.17, 15) is 9.18 Å². The number of rotatable bonds is 9. The Bertz CT molecular complexity index is 1180. The molecule has 0 amide bonds. The molecule has 1 aromatic heterocycles. The predicted molar refractivity (Wildman–Crippen MR) is 143 cm³/mol. The largest absolute Gasteiger partial charge is 0.481 e. The molecule has 1 aliphatic heterocycles. The van der Waals surface area contributed by atoms with Crippen molar-refractivity contribution in [2.75, 3.05) is 24.5 Å². The highest BCUT2D eigenvalue weighted by Gasteiger charge is 2.28. The van der Waals surface area contributed by atoms with E-state index in [-0.39, 0.29) is 12.2 Å². The molecule has 190 valence electrons. The second-order valence-electron chi connectivity index (χ2n) is 10.3. The fourth-order valence-electron chi connectivity index (χ4n) is 5.20. The highest BCUT2D eigenvalue weighted by atomic mass is 19.1. The van der Waals surface area contributed by atoms with Gasteiger partial charge in [0.25, 0.3) is 0 Å². The molecule has 2 heterocycles. The monoisotopic (exact) mass is 489 g/mol. The number of aryl methyl sites for hydroxylation is 2. The Morgan fingerprint density at radius 2 is 1.89 bits per heavy atom. The third kappa shape index (κ3) is 6.91. The zero-order chi connectivity index (χ0) is 25.7. The van der Waals surface area contributed by atoms with Gasteiger partial charge in [-0.1, -0.05) is 49.7 Å². The average molecular weight is 490 g/mol. The molecular formula is C30H36FN3O2. The summed E-state index contributed by atoms with van der Waals surface area (Å²) in [4.78, 5) is 20.7. The standard InChI is InChI=1S/C30H36FN3O2/c1-21(2)13-28-20-33(19-24-15-22(3)14-23(16-24)7-10-30(35)36)11-12-34(28)29-9-8-26(18-32-29)25-5-4-6-27(31)17-25/h4-6,8-9,14-18,21,28H,7,10-13,19-20H2,1-3H3,(H,35,36)/t28-/m1/s1. The van der Waals surface area contributed by atoms with Crippen LogP contribution in [-0.2, 0) is 17.8 Å². The van der Waals surface area contributed by atoms with Crippen LogP contribution in [0.5, 0.6) is 0 Å². The third-order valence-electron chi connectivity index (χ3n) is 6.74. The fourth-order valence-corrected chi connectivity index (χ4v) is 5.20. The normalized spacial score (nSPS) is 16.5. The summed E-state index contributed by atoms with van der Waals surface area (Å²) in [5.41, 5.74) is 5.25. The van der Waals surface area contributed by atoms with E-state index >= 15 is 0 Å². The molecule has 0 radical (unpaired) electrons. The van der Waals surface area contributed by atoms with Crippen LogP contribution in [0.1, 0.15) is 43.4 Å². The summed E-state index contributed by atoms with van der Waals surface area (Å²) in [6.07, 6.45) is 3.63. The summed E-state index contributed by atoms with van der Waals surface area (Å²) in [6, 6.07) is 17.5. The maximum absolute atomic E-state index is 13.6. The van der Waals surface area contributed by atoms with Gasteiger partial charge < -0.3 is 10.0 Å². The number of hydrogen-bond donors (Lipinski definition) is 1. The number of carboxylic acids is 1. The molecule has 0 spiro atoms. The SMILES string of the molecule is Cc1cc(CCC(=O)O)cc(CN2CCN(c3ccc(-c4cccc(F)c4)cn3)[C@H](CC(C)C)C2)c1. The van der Waals surface area contributed by atoms with Crippen molar-refractivity contribution in [2.45, 2.75) is 52.6 Å². The maximum atomic E-state index is 13.6. The van der Waals surface area contributed by atoms with E-state index in [4.69, 9.17) is 10.1 Å². The number of piperazine rings is 1. The molecule has 3 aromatic rings. The summed E-state index contributed by atoms with van der Waals surface area (Å²) in [5, 5.41) is 9.05. The van der Waals surface area contributed by atoms with Crippen molar-refractivity contribution in [3.8, 4) is 11.1 Å². The zero-order valence-electron chi connectivity index (χ0n) is 21.5. The minimum absolute atomic E-state index is 0.156. The number of benzene rings is 2. The van der Waals surface area contributed by atoms with Crippen LogP contribution in [0.15, 0.2) is 60.8 Å². The maximum Gasteiger partial charge on any atom is 0.303 e. The van der Waals surface area contributed by atoms with Crippen molar-refractivity contribution in [1.29, 1.82) is 0 Å². The highest BCUT2D eigenvalue weighted by molar-refractivity contribution is 5.67. The van der Waals surface area contributed by atoms with Crippen molar-refractivity contribution in [1.82, 2.24) is 9.88 Å². The Kier molecular flexibility index (Phi) is 8.36. The zero-order valence-corrected chi connectivity index (χ0v) is 21.5. The van der Waals surface area contributed by atoms with E-state index in [0.29, 0.717) is 18.4 Å². The van der Waals surface area contributed by atoms with Gasteiger partial charge in [0.15, 0.2) is 0 Å². The van der Waals surface area contributed by atoms with Gasteiger partial charge in [-0.2, -0.15) is 0 Å². The number of anilines is 1. The van der Waals surface area contributed by atoms with Gasteiger partial charge in [0.2, 0.25) is 0 Å². The van der Waals surface area contributed by atoms with Gasteiger partial charge in [0.1, 0.15) is 11.6 Å². The van der Waals surface area contributed by atoms with Crippen molar-refractivity contribution in [3.05, 3.63) is 83.3 Å². The molecule has 1 atom stereocenters. The number of nitrogens with zero attached hydrogens (tertiary/aromatic N) is 3. The van der Waals surface area contributed by atoms with E-state index in [2.05, 4.69) is 54.8 Å². The molecule has 0 aliphatic carbocycles. The molecule has 1 N–H and O–H groups in total. The molecule has 1 saturated heterocycles. The predicted octanol–water partition coefficient (Wildman–Crippen LogP) is 5.95. The fraction of sp³-hybridized carbons (Fsp3) is 0.400. The summed E-state index contributed by atoms with van der Waals surface area (Å²) in [7, 11) is 0. The lowest BCUT2D eigenvalue weighted by atomic mass is 9.98. The average Bonchev–Trinajstić information content (AvgIpc) is 2.82. The molecule has 0 unspecified atom stereocenters. The van der Waals surface area contributed by atoms with E-state index in [1.807, 2.05) is 18.3 Å². The molecule has 2 aromatic carbocycles. The smallest absolute Gasteiger partial charge is 0.303 e. The molecule has 36 heavy (non-hydrogen) atoms. The lowest BCUT2D eigenvalue weighted by Gasteiger charge is -2.43. The topological polar surface area (TPSA) is 56.7 Å². The third-order valence-corrected chi connectivity index (χ3v) is 6.74. The first-order valence-corrected chi connectivity index (χ1v) is 12.8. The number of pyridine rings is 1. The van der Waals surface area contributed by atoms with Crippen LogP contribution in [-0.4, -0.2) is 46.6 Å². The van der Waals surface area contributed by atoms with E-state index in [1.54, 1.807) is 6.07 Å². The van der Waals surface area contributed by atoms with Gasteiger partial charge in [0.05, 0.1) is 0 Å². The molecule has 4 rings (SSSR count). The van der Waals surface area contributed by atoms with Gasteiger partial charge in [-0.25, -0.2) is 9.37 Å². The Hall–Kier alpha value is -3.25. The quantitative estimate of drug-likeness (QED) is 0.403. The van der Waals surface area contributed by atoms with Crippen molar-refractivity contribution < 1.29 is 14.3 Å². The summed E-state index contributed by atoms with van der Waals surface area (Å²) in [5.74, 6) is 0.521. The van der Waals surface area contributed by atoms with Crippen LogP contribution < -0.4 is 4.90 Å². The van der Waals surface area contributed by atoms with Gasteiger partial charge in [-0.15, -0.1) is 0 Å². The minimum atomic E-state index is -0.761. The van der Waals surface area contributed by atoms with Crippen molar-refractivity contribution >= 4 is 11.8 Å². The summed E-state index contributed by atoms with van der Waals surface area (Å²) >= 11 is 0. The number of aliphatic carboxylic acids is 1. The second kappa shape index (κ2) is 11.7. The molecule has 6 heteroatoms. The first-order valence-electron chi connectivity index (χ1n) is 12.8. The second-order valence-corrected chi connectivity index (χ2v) is 10.3. The Labute approximate surface area is 213 Å². The summed E-state index contributed by atoms with van der Waals surface area (Å²) < 4.78 is 13.6. The number of aromatic nitrogens is 1. The number of halogens is 1. The Morgan fingerprint density at radius 1 is 1.08 bits per heavy atom. The van der Waals surface area contributed by atoms with Crippen LogP contribution in [0.25, 0.3) is 11.1 Å². The lowest BCUT2D eigenvalue weighted by Crippen LogP contribution is -2.53. The van der Waals surface area contributed by atoms with Crippen LogP contribution >= 0.6 is 0 Å². The van der Waals surface area contributed by atoms with E-state index in [0.717, 1.165) is 55.1 Å².